The second-order valence-electron chi connectivity index (χ2n) is 6.61. The number of aromatic nitrogens is 5. The molecule has 3 unspecified atom stereocenters. The van der Waals surface area contributed by atoms with Gasteiger partial charge in [-0.25, -0.2) is 0 Å². The molecule has 2 aromatic rings. The van der Waals surface area contributed by atoms with E-state index in [2.05, 4.69) is 30.9 Å². The minimum absolute atomic E-state index is 0.114. The van der Waals surface area contributed by atoms with Crippen LogP contribution in [0.4, 0.5) is 0 Å². The zero-order valence-corrected chi connectivity index (χ0v) is 14.5. The van der Waals surface area contributed by atoms with Gasteiger partial charge in [0.2, 0.25) is 11.8 Å². The monoisotopic (exact) mass is 359 g/mol. The second kappa shape index (κ2) is 5.80. The van der Waals surface area contributed by atoms with E-state index in [0.29, 0.717) is 5.82 Å². The largest absolute Gasteiger partial charge is 0.341 e. The summed E-state index contributed by atoms with van der Waals surface area (Å²) in [4.78, 5) is 30.6. The molecule has 2 aliphatic rings. The standard InChI is InChI=1S/C15H17N7O2S/c1-15(2)11(12-18-20-21-19-12)22-13(24)10(14(22)25-15)17-9(23)6-8-4-3-5-16-7-8/h3-5,7,10-11,14H,6H2,1-2H3,(H,17,23)(H,18,19,20,21). The first-order chi connectivity index (χ1) is 12.0. The van der Waals surface area contributed by atoms with Gasteiger partial charge in [0.1, 0.15) is 17.5 Å². The van der Waals surface area contributed by atoms with E-state index in [1.165, 1.54) is 0 Å². The zero-order valence-electron chi connectivity index (χ0n) is 13.7. The molecule has 0 aromatic carbocycles. The van der Waals surface area contributed by atoms with Gasteiger partial charge in [-0.15, -0.1) is 22.0 Å². The second-order valence-corrected chi connectivity index (χ2v) is 8.38. The number of hydrogen-bond acceptors (Lipinski definition) is 7. The molecule has 3 atom stereocenters. The summed E-state index contributed by atoms with van der Waals surface area (Å²) >= 11 is 1.64. The molecule has 130 valence electrons. The molecule has 2 N–H and O–H groups in total. The van der Waals surface area contributed by atoms with E-state index in [-0.39, 0.29) is 34.4 Å². The summed E-state index contributed by atoms with van der Waals surface area (Å²) in [6.45, 7) is 4.08. The highest BCUT2D eigenvalue weighted by Gasteiger charge is 2.63. The third-order valence-electron chi connectivity index (χ3n) is 4.45. The highest BCUT2D eigenvalue weighted by molar-refractivity contribution is 8.01. The maximum absolute atomic E-state index is 12.6. The molecule has 25 heavy (non-hydrogen) atoms. The van der Waals surface area contributed by atoms with Crippen LogP contribution in [0, 0.1) is 0 Å². The fourth-order valence-corrected chi connectivity index (χ4v) is 4.99. The third-order valence-corrected chi connectivity index (χ3v) is 6.02. The summed E-state index contributed by atoms with van der Waals surface area (Å²) in [5, 5.41) is 16.8. The molecule has 2 saturated heterocycles. The van der Waals surface area contributed by atoms with E-state index in [9.17, 15) is 9.59 Å². The van der Waals surface area contributed by atoms with E-state index < -0.39 is 6.04 Å². The average Bonchev–Trinajstić information content (AvgIpc) is 3.18. The van der Waals surface area contributed by atoms with Crippen molar-refractivity contribution in [3.05, 3.63) is 35.9 Å². The molecule has 4 heterocycles. The lowest BCUT2D eigenvalue weighted by molar-refractivity contribution is -0.151. The molecule has 2 amide bonds. The molecule has 4 rings (SSSR count). The van der Waals surface area contributed by atoms with Crippen LogP contribution in [0.3, 0.4) is 0 Å². The van der Waals surface area contributed by atoms with Gasteiger partial charge in [-0.2, -0.15) is 5.21 Å². The number of carbonyl (C=O) groups excluding carboxylic acids is 2. The molecule has 0 bridgehead atoms. The first-order valence-corrected chi connectivity index (χ1v) is 8.77. The Morgan fingerprint density at radius 2 is 2.32 bits per heavy atom. The van der Waals surface area contributed by atoms with Crippen LogP contribution in [-0.2, 0) is 16.0 Å². The van der Waals surface area contributed by atoms with Crippen LogP contribution < -0.4 is 5.32 Å². The lowest BCUT2D eigenvalue weighted by atomic mass is 9.95. The molecule has 2 fully saturated rings. The van der Waals surface area contributed by atoms with Crippen LogP contribution >= 0.6 is 11.8 Å². The van der Waals surface area contributed by atoms with Gasteiger partial charge in [0.15, 0.2) is 5.82 Å². The molecule has 2 aromatic heterocycles. The van der Waals surface area contributed by atoms with Crippen molar-refractivity contribution in [1.29, 1.82) is 0 Å². The highest BCUT2D eigenvalue weighted by atomic mass is 32.2. The third kappa shape index (κ3) is 2.66. The Balaban J connectivity index is 1.46. The van der Waals surface area contributed by atoms with E-state index in [1.54, 1.807) is 35.1 Å². The summed E-state index contributed by atoms with van der Waals surface area (Å²) in [6, 6.07) is 2.83. The summed E-state index contributed by atoms with van der Waals surface area (Å²) in [5.74, 6) is 0.193. The number of hydrogen-bond donors (Lipinski definition) is 2. The Morgan fingerprint density at radius 1 is 1.48 bits per heavy atom. The number of H-pyrrole nitrogens is 1. The summed E-state index contributed by atoms with van der Waals surface area (Å²) in [6.07, 6.45) is 3.50. The van der Waals surface area contributed by atoms with Crippen molar-refractivity contribution in [2.24, 2.45) is 0 Å². The Labute approximate surface area is 148 Å². The Bertz CT molecular complexity index is 795. The molecule has 0 aliphatic carbocycles. The number of β-lactam (4-membered cyclic amide) rings is 1. The minimum atomic E-state index is -0.523. The minimum Gasteiger partial charge on any atom is -0.341 e. The number of tetrazole rings is 1. The number of carbonyl (C=O) groups is 2. The van der Waals surface area contributed by atoms with Crippen molar-refractivity contribution in [2.75, 3.05) is 0 Å². The smallest absolute Gasteiger partial charge is 0.249 e. The number of aromatic amines is 1. The van der Waals surface area contributed by atoms with E-state index in [0.717, 1.165) is 5.56 Å². The lowest BCUT2D eigenvalue weighted by Gasteiger charge is -2.44. The van der Waals surface area contributed by atoms with Crippen LogP contribution in [0.15, 0.2) is 24.5 Å². The van der Waals surface area contributed by atoms with E-state index >= 15 is 0 Å². The van der Waals surface area contributed by atoms with Gasteiger partial charge >= 0.3 is 0 Å². The van der Waals surface area contributed by atoms with E-state index in [4.69, 9.17) is 0 Å². The van der Waals surface area contributed by atoms with Crippen molar-refractivity contribution in [3.8, 4) is 0 Å². The number of amides is 2. The van der Waals surface area contributed by atoms with Crippen molar-refractivity contribution < 1.29 is 9.59 Å². The normalized spacial score (nSPS) is 26.9. The first kappa shape index (κ1) is 16.0. The maximum atomic E-state index is 12.6. The van der Waals surface area contributed by atoms with Gasteiger partial charge in [0.05, 0.1) is 6.42 Å². The highest BCUT2D eigenvalue weighted by Crippen LogP contribution is 2.56. The van der Waals surface area contributed by atoms with Gasteiger partial charge in [-0.3, -0.25) is 14.6 Å². The Kier molecular flexibility index (Phi) is 3.71. The molecular formula is C15H17N7O2S. The van der Waals surface area contributed by atoms with Gasteiger partial charge in [0, 0.05) is 17.1 Å². The Morgan fingerprint density at radius 3 is 3.00 bits per heavy atom. The van der Waals surface area contributed by atoms with Crippen LogP contribution in [-0.4, -0.2) is 58.5 Å². The van der Waals surface area contributed by atoms with Crippen molar-refractivity contribution >= 4 is 23.6 Å². The topological polar surface area (TPSA) is 117 Å². The molecule has 9 nitrogen and oxygen atoms in total. The molecule has 10 heteroatoms. The predicted molar refractivity (Wildman–Crippen MR) is 89.1 cm³/mol. The molecular weight excluding hydrogens is 342 g/mol. The summed E-state index contributed by atoms with van der Waals surface area (Å²) < 4.78 is -0.271. The Hall–Kier alpha value is -2.49. The first-order valence-electron chi connectivity index (χ1n) is 7.89. The molecule has 2 aliphatic heterocycles. The molecule has 0 spiro atoms. The summed E-state index contributed by atoms with van der Waals surface area (Å²) in [5.41, 5.74) is 0.813. The fourth-order valence-electron chi connectivity index (χ4n) is 3.36. The average molecular weight is 359 g/mol. The van der Waals surface area contributed by atoms with Gasteiger partial charge in [-0.1, -0.05) is 11.3 Å². The number of nitrogens with one attached hydrogen (secondary N) is 2. The fraction of sp³-hybridized carbons (Fsp3) is 0.467. The van der Waals surface area contributed by atoms with Gasteiger partial charge in [-0.05, 0) is 25.5 Å². The van der Waals surface area contributed by atoms with Crippen molar-refractivity contribution in [3.63, 3.8) is 0 Å². The van der Waals surface area contributed by atoms with Gasteiger partial charge < -0.3 is 10.2 Å². The van der Waals surface area contributed by atoms with Crippen molar-refractivity contribution in [1.82, 2.24) is 35.8 Å². The quantitative estimate of drug-likeness (QED) is 0.741. The van der Waals surface area contributed by atoms with Crippen LogP contribution in [0.25, 0.3) is 0 Å². The van der Waals surface area contributed by atoms with E-state index in [1.807, 2.05) is 19.9 Å². The van der Waals surface area contributed by atoms with Gasteiger partial charge in [0.25, 0.3) is 0 Å². The number of thioether (sulfide) groups is 1. The molecule has 0 saturated carbocycles. The zero-order chi connectivity index (χ0) is 17.6. The van der Waals surface area contributed by atoms with Crippen molar-refractivity contribution in [2.45, 2.75) is 42.5 Å². The number of pyridine rings is 1. The maximum Gasteiger partial charge on any atom is 0.249 e. The van der Waals surface area contributed by atoms with Crippen LogP contribution in [0.5, 0.6) is 0 Å². The van der Waals surface area contributed by atoms with Crippen LogP contribution in [0.2, 0.25) is 0 Å². The SMILES string of the molecule is CC1(C)SC2C(NC(=O)Cc3cccnc3)C(=O)N2C1c1nn[nH]n1. The number of nitrogens with zero attached hydrogens (tertiary/aromatic N) is 5. The predicted octanol–water partition coefficient (Wildman–Crippen LogP) is 0.0570. The summed E-state index contributed by atoms with van der Waals surface area (Å²) in [7, 11) is 0. The lowest BCUT2D eigenvalue weighted by Crippen LogP contribution is -2.68. The number of fused-ring (bicyclic) bond motifs is 1. The number of rotatable bonds is 4. The van der Waals surface area contributed by atoms with Crippen LogP contribution in [0.1, 0.15) is 31.3 Å². The molecule has 0 radical (unpaired) electrons.